The summed E-state index contributed by atoms with van der Waals surface area (Å²) in [7, 11) is 0. The molecule has 2 aromatic rings. The van der Waals surface area contributed by atoms with E-state index in [1.165, 1.54) is 22.3 Å². The van der Waals surface area contributed by atoms with Gasteiger partial charge in [-0.3, -0.25) is 11.3 Å². The van der Waals surface area contributed by atoms with Crippen molar-refractivity contribution in [2.24, 2.45) is 5.84 Å². The van der Waals surface area contributed by atoms with Crippen LogP contribution in [0.25, 0.3) is 0 Å². The Morgan fingerprint density at radius 2 is 2.12 bits per heavy atom. The molecule has 0 radical (unpaired) electrons. The summed E-state index contributed by atoms with van der Waals surface area (Å²) in [6.07, 6.45) is 0.934. The fourth-order valence-electron chi connectivity index (χ4n) is 2.12. The van der Waals surface area contributed by atoms with Crippen LogP contribution < -0.4 is 11.3 Å². The summed E-state index contributed by atoms with van der Waals surface area (Å²) in [5, 5.41) is 4.28. The van der Waals surface area contributed by atoms with E-state index < -0.39 is 0 Å². The van der Waals surface area contributed by atoms with Crippen molar-refractivity contribution in [3.8, 4) is 0 Å². The van der Waals surface area contributed by atoms with Gasteiger partial charge in [-0.15, -0.1) is 0 Å². The predicted molar refractivity (Wildman–Crippen MR) is 74.0 cm³/mol. The lowest BCUT2D eigenvalue weighted by Gasteiger charge is -2.18. The molecule has 0 aliphatic heterocycles. The fraction of sp³-hybridized carbons (Fsp3) is 0.286. The zero-order chi connectivity index (χ0) is 12.3. The first-order chi connectivity index (χ1) is 8.20. The van der Waals surface area contributed by atoms with Crippen molar-refractivity contribution in [2.45, 2.75) is 26.3 Å². The number of thiophene rings is 1. The van der Waals surface area contributed by atoms with Gasteiger partial charge < -0.3 is 0 Å². The van der Waals surface area contributed by atoms with Crippen molar-refractivity contribution in [1.29, 1.82) is 0 Å². The molecule has 0 fully saturated rings. The third-order valence-electron chi connectivity index (χ3n) is 3.02. The van der Waals surface area contributed by atoms with E-state index >= 15 is 0 Å². The van der Waals surface area contributed by atoms with Crippen molar-refractivity contribution >= 4 is 11.3 Å². The molecule has 0 spiro atoms. The monoisotopic (exact) mass is 246 g/mol. The molecule has 1 aromatic carbocycles. The zero-order valence-electron chi connectivity index (χ0n) is 10.2. The standard InChI is InChI=1S/C14H18N2S/c1-10-3-4-13(11(2)7-10)14(16-15)8-12-5-6-17-9-12/h3-7,9,14,16H,8,15H2,1-2H3. The van der Waals surface area contributed by atoms with E-state index in [1.807, 2.05) is 0 Å². The molecule has 17 heavy (non-hydrogen) atoms. The lowest BCUT2D eigenvalue weighted by Crippen LogP contribution is -2.30. The van der Waals surface area contributed by atoms with Crippen LogP contribution in [-0.2, 0) is 6.42 Å². The third-order valence-corrected chi connectivity index (χ3v) is 3.75. The van der Waals surface area contributed by atoms with Crippen LogP contribution in [0.3, 0.4) is 0 Å². The Kier molecular flexibility index (Phi) is 3.94. The van der Waals surface area contributed by atoms with Crippen LogP contribution in [-0.4, -0.2) is 0 Å². The number of nitrogens with one attached hydrogen (secondary N) is 1. The maximum absolute atomic E-state index is 5.68. The molecule has 0 bridgehead atoms. The van der Waals surface area contributed by atoms with Gasteiger partial charge in [0, 0.05) is 0 Å². The highest BCUT2D eigenvalue weighted by atomic mass is 32.1. The zero-order valence-corrected chi connectivity index (χ0v) is 11.1. The molecule has 1 unspecified atom stereocenters. The van der Waals surface area contributed by atoms with Gasteiger partial charge in [0.25, 0.3) is 0 Å². The SMILES string of the molecule is Cc1ccc(C(Cc2ccsc2)NN)c(C)c1. The molecule has 1 atom stereocenters. The number of rotatable bonds is 4. The normalized spacial score (nSPS) is 12.6. The molecule has 2 rings (SSSR count). The Morgan fingerprint density at radius 1 is 1.29 bits per heavy atom. The highest BCUT2D eigenvalue weighted by Gasteiger charge is 2.13. The van der Waals surface area contributed by atoms with Gasteiger partial charge in [0.05, 0.1) is 6.04 Å². The van der Waals surface area contributed by atoms with Crippen LogP contribution in [0.1, 0.15) is 28.3 Å². The van der Waals surface area contributed by atoms with Crippen LogP contribution in [0.4, 0.5) is 0 Å². The average Bonchev–Trinajstić information content (AvgIpc) is 2.79. The molecular weight excluding hydrogens is 228 g/mol. The van der Waals surface area contributed by atoms with Gasteiger partial charge >= 0.3 is 0 Å². The van der Waals surface area contributed by atoms with E-state index in [0.717, 1.165) is 6.42 Å². The average molecular weight is 246 g/mol. The summed E-state index contributed by atoms with van der Waals surface area (Å²) in [5.74, 6) is 5.68. The summed E-state index contributed by atoms with van der Waals surface area (Å²) < 4.78 is 0. The Labute approximate surface area is 106 Å². The number of hydrazine groups is 1. The molecule has 0 aliphatic rings. The minimum Gasteiger partial charge on any atom is -0.271 e. The quantitative estimate of drug-likeness (QED) is 0.642. The molecule has 0 saturated carbocycles. The summed E-state index contributed by atoms with van der Waals surface area (Å²) in [4.78, 5) is 0. The van der Waals surface area contributed by atoms with E-state index in [2.05, 4.69) is 54.3 Å². The molecule has 3 N–H and O–H groups in total. The topological polar surface area (TPSA) is 38.0 Å². The third kappa shape index (κ3) is 2.94. The Bertz CT molecular complexity index is 477. The molecule has 90 valence electrons. The maximum Gasteiger partial charge on any atom is 0.0503 e. The van der Waals surface area contributed by atoms with Crippen LogP contribution in [0.2, 0.25) is 0 Å². The van der Waals surface area contributed by atoms with Gasteiger partial charge in [0.2, 0.25) is 0 Å². The maximum atomic E-state index is 5.68. The molecule has 0 amide bonds. The van der Waals surface area contributed by atoms with Crippen molar-refractivity contribution in [1.82, 2.24) is 5.43 Å². The number of aryl methyl sites for hydroxylation is 2. The molecule has 2 nitrogen and oxygen atoms in total. The van der Waals surface area contributed by atoms with Crippen molar-refractivity contribution in [3.05, 3.63) is 57.3 Å². The minimum atomic E-state index is 0.185. The first-order valence-corrected chi connectivity index (χ1v) is 6.69. The van der Waals surface area contributed by atoms with E-state index in [-0.39, 0.29) is 6.04 Å². The van der Waals surface area contributed by atoms with Gasteiger partial charge in [-0.1, -0.05) is 23.8 Å². The Morgan fingerprint density at radius 3 is 2.71 bits per heavy atom. The molecule has 1 heterocycles. The van der Waals surface area contributed by atoms with Crippen LogP contribution in [0.15, 0.2) is 35.0 Å². The predicted octanol–water partition coefficient (Wildman–Crippen LogP) is 3.11. The summed E-state index contributed by atoms with van der Waals surface area (Å²) in [6, 6.07) is 8.85. The minimum absolute atomic E-state index is 0.185. The Hall–Kier alpha value is -1.16. The largest absolute Gasteiger partial charge is 0.271 e. The second kappa shape index (κ2) is 5.45. The van der Waals surface area contributed by atoms with Gasteiger partial charge in [-0.05, 0) is 53.8 Å². The van der Waals surface area contributed by atoms with E-state index in [9.17, 15) is 0 Å². The van der Waals surface area contributed by atoms with Gasteiger partial charge in [0.15, 0.2) is 0 Å². The highest BCUT2D eigenvalue weighted by molar-refractivity contribution is 7.07. The molecule has 1 aromatic heterocycles. The molecule has 0 saturated heterocycles. The number of benzene rings is 1. The van der Waals surface area contributed by atoms with Gasteiger partial charge in [-0.25, -0.2) is 0 Å². The van der Waals surface area contributed by atoms with Crippen LogP contribution in [0.5, 0.6) is 0 Å². The Balaban J connectivity index is 2.23. The molecular formula is C14H18N2S. The summed E-state index contributed by atoms with van der Waals surface area (Å²) >= 11 is 1.73. The van der Waals surface area contributed by atoms with Crippen molar-refractivity contribution in [3.63, 3.8) is 0 Å². The van der Waals surface area contributed by atoms with Crippen molar-refractivity contribution < 1.29 is 0 Å². The number of nitrogens with two attached hydrogens (primary N) is 1. The molecule has 3 heteroatoms. The van der Waals surface area contributed by atoms with Crippen molar-refractivity contribution in [2.75, 3.05) is 0 Å². The van der Waals surface area contributed by atoms with E-state index in [1.54, 1.807) is 11.3 Å². The molecule has 0 aliphatic carbocycles. The fourth-order valence-corrected chi connectivity index (χ4v) is 2.80. The highest BCUT2D eigenvalue weighted by Crippen LogP contribution is 2.23. The first kappa shape index (κ1) is 12.3. The van der Waals surface area contributed by atoms with E-state index in [4.69, 9.17) is 5.84 Å². The summed E-state index contributed by atoms with van der Waals surface area (Å²) in [5.41, 5.74) is 8.12. The van der Waals surface area contributed by atoms with Crippen LogP contribution in [0, 0.1) is 13.8 Å². The van der Waals surface area contributed by atoms with Crippen LogP contribution >= 0.6 is 11.3 Å². The van der Waals surface area contributed by atoms with Gasteiger partial charge in [-0.2, -0.15) is 11.3 Å². The lowest BCUT2D eigenvalue weighted by atomic mass is 9.96. The number of hydrogen-bond acceptors (Lipinski definition) is 3. The lowest BCUT2D eigenvalue weighted by molar-refractivity contribution is 0.550. The smallest absolute Gasteiger partial charge is 0.0503 e. The second-order valence-electron chi connectivity index (χ2n) is 4.42. The second-order valence-corrected chi connectivity index (χ2v) is 5.20. The van der Waals surface area contributed by atoms with Gasteiger partial charge in [0.1, 0.15) is 0 Å². The first-order valence-electron chi connectivity index (χ1n) is 5.75. The summed E-state index contributed by atoms with van der Waals surface area (Å²) in [6.45, 7) is 4.25. The van der Waals surface area contributed by atoms with E-state index in [0.29, 0.717) is 0 Å². The number of hydrogen-bond donors (Lipinski definition) is 2.